The number of rotatable bonds is 6. The molecule has 20 heavy (non-hydrogen) atoms. The van der Waals surface area contributed by atoms with Crippen molar-refractivity contribution in [1.82, 2.24) is 0 Å². The molecule has 7 heteroatoms. The Balaban J connectivity index is 2.28. The third-order valence-corrected chi connectivity index (χ3v) is 4.99. The van der Waals surface area contributed by atoms with Crippen molar-refractivity contribution in [1.29, 1.82) is 0 Å². The number of nitro groups is 1. The van der Waals surface area contributed by atoms with Gasteiger partial charge in [-0.25, -0.2) is 4.79 Å². The Morgan fingerprint density at radius 3 is 2.70 bits per heavy atom. The van der Waals surface area contributed by atoms with E-state index in [4.69, 9.17) is 5.11 Å². The molecule has 1 unspecified atom stereocenters. The molecule has 0 fully saturated rings. The zero-order chi connectivity index (χ0) is 14.5. The Labute approximate surface area is 123 Å². The predicted molar refractivity (Wildman–Crippen MR) is 78.2 cm³/mol. The van der Waals surface area contributed by atoms with Crippen LogP contribution in [0.3, 0.4) is 0 Å². The summed E-state index contributed by atoms with van der Waals surface area (Å²) in [4.78, 5) is 23.0. The van der Waals surface area contributed by atoms with Crippen molar-refractivity contribution >= 4 is 29.1 Å². The second kappa shape index (κ2) is 6.53. The molecular weight excluding hydrogens is 298 g/mol. The number of hydrogen-bond donors (Lipinski definition) is 1. The van der Waals surface area contributed by atoms with Crippen LogP contribution in [0.2, 0.25) is 0 Å². The van der Waals surface area contributed by atoms with Gasteiger partial charge in [0.05, 0.1) is 5.56 Å². The number of aromatic carboxylic acids is 1. The molecule has 0 radical (unpaired) electrons. The van der Waals surface area contributed by atoms with Gasteiger partial charge in [0.1, 0.15) is 5.25 Å². The summed E-state index contributed by atoms with van der Waals surface area (Å²) in [6.45, 7) is -0.237. The summed E-state index contributed by atoms with van der Waals surface area (Å²) >= 11 is 2.65. The van der Waals surface area contributed by atoms with E-state index >= 15 is 0 Å². The molecule has 104 valence electrons. The number of nitrogens with zero attached hydrogens (tertiary/aromatic N) is 1. The first-order valence-corrected chi connectivity index (χ1v) is 7.48. The molecule has 0 aliphatic carbocycles. The molecule has 2 aromatic rings. The van der Waals surface area contributed by atoms with Gasteiger partial charge < -0.3 is 5.11 Å². The van der Waals surface area contributed by atoms with E-state index < -0.39 is 5.97 Å². The van der Waals surface area contributed by atoms with Gasteiger partial charge in [-0.3, -0.25) is 10.1 Å². The third-order valence-electron chi connectivity index (χ3n) is 2.56. The van der Waals surface area contributed by atoms with Crippen LogP contribution in [0.5, 0.6) is 0 Å². The quantitative estimate of drug-likeness (QED) is 0.501. The summed E-state index contributed by atoms with van der Waals surface area (Å²) < 4.78 is 0. The molecule has 0 amide bonds. The minimum Gasteiger partial charge on any atom is -0.478 e. The number of hydrogen-bond acceptors (Lipinski definition) is 5. The second-order valence-corrected chi connectivity index (χ2v) is 6.16. The Morgan fingerprint density at radius 2 is 2.10 bits per heavy atom. The summed E-state index contributed by atoms with van der Waals surface area (Å²) in [7, 11) is 0. The van der Waals surface area contributed by atoms with Crippen molar-refractivity contribution in [3.8, 4) is 0 Å². The average molecular weight is 309 g/mol. The van der Waals surface area contributed by atoms with Crippen molar-refractivity contribution in [3.05, 3.63) is 62.3 Å². The van der Waals surface area contributed by atoms with Crippen LogP contribution in [0.15, 0.2) is 46.7 Å². The highest BCUT2D eigenvalue weighted by Crippen LogP contribution is 2.38. The lowest BCUT2D eigenvalue weighted by atomic mass is 10.2. The Morgan fingerprint density at radius 1 is 1.35 bits per heavy atom. The van der Waals surface area contributed by atoms with E-state index in [1.807, 2.05) is 17.5 Å². The fourth-order valence-corrected chi connectivity index (χ4v) is 3.84. The average Bonchev–Trinajstić information content (AvgIpc) is 2.91. The molecule has 2 rings (SSSR count). The predicted octanol–water partition coefficient (Wildman–Crippen LogP) is 3.56. The van der Waals surface area contributed by atoms with E-state index in [-0.39, 0.29) is 22.3 Å². The summed E-state index contributed by atoms with van der Waals surface area (Å²) in [5.41, 5.74) is 0.169. The Bertz CT molecular complexity index is 613. The number of carboxylic acids is 1. The second-order valence-electron chi connectivity index (χ2n) is 3.94. The highest BCUT2D eigenvalue weighted by molar-refractivity contribution is 7.99. The Hall–Kier alpha value is -1.86. The van der Waals surface area contributed by atoms with Gasteiger partial charge in [-0.1, -0.05) is 18.2 Å². The zero-order valence-corrected chi connectivity index (χ0v) is 11.9. The summed E-state index contributed by atoms with van der Waals surface area (Å²) in [6.07, 6.45) is 0. The molecule has 0 aliphatic rings. The molecule has 0 saturated heterocycles. The standard InChI is InChI=1S/C13H11NO4S2/c15-13(16)9-4-1-2-5-10(9)20-12(8-14(17)18)11-6-3-7-19-11/h1-7,12H,8H2,(H,15,16). The fraction of sp³-hybridized carbons (Fsp3) is 0.154. The molecule has 1 aromatic carbocycles. The van der Waals surface area contributed by atoms with Gasteiger partial charge in [-0.2, -0.15) is 0 Å². The molecule has 1 atom stereocenters. The van der Waals surface area contributed by atoms with Crippen molar-refractivity contribution in [2.45, 2.75) is 10.1 Å². The van der Waals surface area contributed by atoms with E-state index in [2.05, 4.69) is 0 Å². The Kier molecular flexibility index (Phi) is 4.75. The van der Waals surface area contributed by atoms with Crippen LogP contribution in [-0.2, 0) is 0 Å². The van der Waals surface area contributed by atoms with E-state index in [1.54, 1.807) is 18.2 Å². The van der Waals surface area contributed by atoms with Gasteiger partial charge in [-0.15, -0.1) is 23.1 Å². The monoisotopic (exact) mass is 309 g/mol. The van der Waals surface area contributed by atoms with Crippen LogP contribution < -0.4 is 0 Å². The third kappa shape index (κ3) is 3.58. The lowest BCUT2D eigenvalue weighted by Gasteiger charge is -2.12. The van der Waals surface area contributed by atoms with Crippen LogP contribution in [0.25, 0.3) is 0 Å². The highest BCUT2D eigenvalue weighted by atomic mass is 32.2. The molecule has 1 N–H and O–H groups in total. The molecule has 5 nitrogen and oxygen atoms in total. The lowest BCUT2D eigenvalue weighted by molar-refractivity contribution is -0.479. The minimum atomic E-state index is -1.03. The van der Waals surface area contributed by atoms with Crippen LogP contribution in [0.1, 0.15) is 20.5 Å². The minimum absolute atomic E-state index is 0.169. The SMILES string of the molecule is O=C(O)c1ccccc1SC(C[N+](=O)[O-])c1cccs1. The van der Waals surface area contributed by atoms with Gasteiger partial charge >= 0.3 is 5.97 Å². The van der Waals surface area contributed by atoms with E-state index in [0.717, 1.165) is 4.88 Å². The molecule has 1 heterocycles. The maximum absolute atomic E-state index is 11.2. The van der Waals surface area contributed by atoms with Gasteiger partial charge in [0.25, 0.3) is 0 Å². The van der Waals surface area contributed by atoms with Crippen molar-refractivity contribution < 1.29 is 14.8 Å². The normalized spacial score (nSPS) is 12.0. The van der Waals surface area contributed by atoms with Crippen molar-refractivity contribution in [2.24, 2.45) is 0 Å². The van der Waals surface area contributed by atoms with Crippen LogP contribution in [0.4, 0.5) is 0 Å². The van der Waals surface area contributed by atoms with Gasteiger partial charge in [0, 0.05) is 14.7 Å². The first-order chi connectivity index (χ1) is 9.58. The van der Waals surface area contributed by atoms with E-state index in [1.165, 1.54) is 29.2 Å². The number of thioether (sulfide) groups is 1. The number of thiophene rings is 1. The first kappa shape index (κ1) is 14.5. The summed E-state index contributed by atoms with van der Waals surface area (Å²) in [5, 5.41) is 21.4. The van der Waals surface area contributed by atoms with Crippen LogP contribution >= 0.6 is 23.1 Å². The maximum Gasteiger partial charge on any atom is 0.336 e. The molecule has 0 bridgehead atoms. The van der Waals surface area contributed by atoms with E-state index in [0.29, 0.717) is 4.90 Å². The van der Waals surface area contributed by atoms with Gasteiger partial charge in [0.2, 0.25) is 6.54 Å². The molecule has 0 spiro atoms. The smallest absolute Gasteiger partial charge is 0.336 e. The zero-order valence-electron chi connectivity index (χ0n) is 10.3. The maximum atomic E-state index is 11.2. The van der Waals surface area contributed by atoms with Crippen molar-refractivity contribution in [3.63, 3.8) is 0 Å². The van der Waals surface area contributed by atoms with Gasteiger partial charge in [-0.05, 0) is 23.6 Å². The molecule has 1 aromatic heterocycles. The number of carboxylic acid groups (broad SMARTS) is 1. The summed E-state index contributed by atoms with van der Waals surface area (Å²) in [5.74, 6) is -1.03. The number of benzene rings is 1. The van der Waals surface area contributed by atoms with Gasteiger partial charge in [0.15, 0.2) is 0 Å². The largest absolute Gasteiger partial charge is 0.478 e. The van der Waals surface area contributed by atoms with Crippen LogP contribution in [-0.4, -0.2) is 22.5 Å². The molecular formula is C13H11NO4S2. The highest BCUT2D eigenvalue weighted by Gasteiger charge is 2.22. The number of carbonyl (C=O) groups is 1. The molecule has 0 aliphatic heterocycles. The van der Waals surface area contributed by atoms with E-state index in [9.17, 15) is 14.9 Å². The summed E-state index contributed by atoms with van der Waals surface area (Å²) in [6, 6.07) is 10.2. The van der Waals surface area contributed by atoms with Crippen LogP contribution in [0, 0.1) is 10.1 Å². The topological polar surface area (TPSA) is 80.4 Å². The lowest BCUT2D eigenvalue weighted by Crippen LogP contribution is -2.09. The molecule has 0 saturated carbocycles. The first-order valence-electron chi connectivity index (χ1n) is 5.72. The van der Waals surface area contributed by atoms with Crippen molar-refractivity contribution in [2.75, 3.05) is 6.54 Å². The fourth-order valence-electron chi connectivity index (χ4n) is 1.69.